The molecule has 0 saturated carbocycles. The standard InChI is InChI=1S/C23H15NOS/c25-23(19-7-2-1-3-8-19)24-21-13-5-11-17-9-4-10-18(22(17)21)14-15-20-12-6-16-26-20/h1-13,16H,(H,24,25). The summed E-state index contributed by atoms with van der Waals surface area (Å²) in [6.07, 6.45) is 0. The lowest BCUT2D eigenvalue weighted by atomic mass is 10.0. The summed E-state index contributed by atoms with van der Waals surface area (Å²) >= 11 is 1.62. The van der Waals surface area contributed by atoms with E-state index in [9.17, 15) is 4.79 Å². The maximum Gasteiger partial charge on any atom is 0.255 e. The zero-order chi connectivity index (χ0) is 17.8. The van der Waals surface area contributed by atoms with Crippen molar-refractivity contribution in [1.29, 1.82) is 0 Å². The van der Waals surface area contributed by atoms with Gasteiger partial charge in [0.15, 0.2) is 0 Å². The molecule has 0 fully saturated rings. The van der Waals surface area contributed by atoms with Crippen molar-refractivity contribution in [2.24, 2.45) is 0 Å². The molecule has 4 rings (SSSR count). The van der Waals surface area contributed by atoms with E-state index in [2.05, 4.69) is 17.2 Å². The van der Waals surface area contributed by atoms with E-state index in [1.54, 1.807) is 23.5 Å². The van der Waals surface area contributed by atoms with E-state index in [0.29, 0.717) is 5.56 Å². The lowest BCUT2D eigenvalue weighted by molar-refractivity contribution is 0.102. The third kappa shape index (κ3) is 3.37. The second kappa shape index (κ2) is 7.26. The van der Waals surface area contributed by atoms with E-state index in [0.717, 1.165) is 26.9 Å². The molecule has 4 aromatic rings. The van der Waals surface area contributed by atoms with Gasteiger partial charge in [-0.3, -0.25) is 4.79 Å². The van der Waals surface area contributed by atoms with Crippen molar-refractivity contribution >= 4 is 33.7 Å². The third-order valence-electron chi connectivity index (χ3n) is 4.03. The van der Waals surface area contributed by atoms with Gasteiger partial charge in [-0.2, -0.15) is 0 Å². The number of rotatable bonds is 2. The Labute approximate surface area is 156 Å². The van der Waals surface area contributed by atoms with Crippen LogP contribution in [0.4, 0.5) is 5.69 Å². The molecule has 0 bridgehead atoms. The van der Waals surface area contributed by atoms with Crippen LogP contribution in [0.2, 0.25) is 0 Å². The molecule has 0 spiro atoms. The monoisotopic (exact) mass is 353 g/mol. The number of hydrogen-bond acceptors (Lipinski definition) is 2. The van der Waals surface area contributed by atoms with E-state index in [-0.39, 0.29) is 5.91 Å². The Bertz CT molecular complexity index is 1110. The number of benzene rings is 3. The fourth-order valence-corrected chi connectivity index (χ4v) is 3.38. The molecule has 124 valence electrons. The third-order valence-corrected chi connectivity index (χ3v) is 4.82. The number of thiophene rings is 1. The van der Waals surface area contributed by atoms with Gasteiger partial charge in [-0.05, 0) is 41.1 Å². The normalized spacial score (nSPS) is 10.2. The number of amides is 1. The van der Waals surface area contributed by atoms with E-state index < -0.39 is 0 Å². The van der Waals surface area contributed by atoms with Crippen molar-refractivity contribution in [2.45, 2.75) is 0 Å². The minimum absolute atomic E-state index is 0.126. The molecule has 0 radical (unpaired) electrons. The van der Waals surface area contributed by atoms with Gasteiger partial charge in [0, 0.05) is 16.5 Å². The maximum atomic E-state index is 12.6. The first-order valence-corrected chi connectivity index (χ1v) is 9.13. The Kier molecular flexibility index (Phi) is 4.51. The Morgan fingerprint density at radius 2 is 1.62 bits per heavy atom. The highest BCUT2D eigenvalue weighted by Gasteiger charge is 2.10. The van der Waals surface area contributed by atoms with E-state index in [4.69, 9.17) is 0 Å². The van der Waals surface area contributed by atoms with Crippen LogP contribution in [0.25, 0.3) is 10.8 Å². The average molecular weight is 353 g/mol. The molecule has 2 nitrogen and oxygen atoms in total. The highest BCUT2D eigenvalue weighted by molar-refractivity contribution is 7.10. The van der Waals surface area contributed by atoms with Crippen LogP contribution in [0, 0.1) is 11.8 Å². The summed E-state index contributed by atoms with van der Waals surface area (Å²) in [5.74, 6) is 6.33. The summed E-state index contributed by atoms with van der Waals surface area (Å²) in [5.41, 5.74) is 2.30. The number of anilines is 1. The molecule has 3 heteroatoms. The van der Waals surface area contributed by atoms with Crippen LogP contribution in [-0.4, -0.2) is 5.91 Å². The number of fused-ring (bicyclic) bond motifs is 1. The molecule has 0 atom stereocenters. The van der Waals surface area contributed by atoms with Crippen molar-refractivity contribution in [1.82, 2.24) is 0 Å². The Balaban J connectivity index is 1.76. The van der Waals surface area contributed by atoms with Crippen molar-refractivity contribution in [3.63, 3.8) is 0 Å². The van der Waals surface area contributed by atoms with Crippen molar-refractivity contribution in [2.75, 3.05) is 5.32 Å². The molecular formula is C23H15NOS. The van der Waals surface area contributed by atoms with Crippen molar-refractivity contribution in [3.05, 3.63) is 100 Å². The second-order valence-corrected chi connectivity index (χ2v) is 6.70. The molecule has 1 amide bonds. The van der Waals surface area contributed by atoms with Gasteiger partial charge in [0.2, 0.25) is 0 Å². The summed E-state index contributed by atoms with van der Waals surface area (Å²) < 4.78 is 0. The van der Waals surface area contributed by atoms with Gasteiger partial charge >= 0.3 is 0 Å². The molecule has 1 heterocycles. The number of carbonyl (C=O) groups is 1. The van der Waals surface area contributed by atoms with Gasteiger partial charge in [-0.1, -0.05) is 60.4 Å². The fraction of sp³-hybridized carbons (Fsp3) is 0. The molecule has 1 N–H and O–H groups in total. The molecule has 3 aromatic carbocycles. The predicted molar refractivity (Wildman–Crippen MR) is 109 cm³/mol. The van der Waals surface area contributed by atoms with Crippen LogP contribution >= 0.6 is 11.3 Å². The molecule has 26 heavy (non-hydrogen) atoms. The summed E-state index contributed by atoms with van der Waals surface area (Å²) in [5, 5.41) is 7.05. The van der Waals surface area contributed by atoms with Crippen LogP contribution < -0.4 is 5.32 Å². The zero-order valence-electron chi connectivity index (χ0n) is 13.9. The summed E-state index contributed by atoms with van der Waals surface area (Å²) in [7, 11) is 0. The number of nitrogens with one attached hydrogen (secondary N) is 1. The highest BCUT2D eigenvalue weighted by Crippen LogP contribution is 2.27. The lowest BCUT2D eigenvalue weighted by Crippen LogP contribution is -2.12. The van der Waals surface area contributed by atoms with Gasteiger partial charge in [0.05, 0.1) is 10.6 Å². The van der Waals surface area contributed by atoms with Crippen LogP contribution in [-0.2, 0) is 0 Å². The highest BCUT2D eigenvalue weighted by atomic mass is 32.1. The van der Waals surface area contributed by atoms with Gasteiger partial charge in [-0.25, -0.2) is 0 Å². The summed E-state index contributed by atoms with van der Waals surface area (Å²) in [6.45, 7) is 0. The zero-order valence-corrected chi connectivity index (χ0v) is 14.7. The SMILES string of the molecule is O=C(Nc1cccc2cccc(C#Cc3cccs3)c12)c1ccccc1. The predicted octanol–water partition coefficient (Wildman–Crippen LogP) is 5.55. The molecule has 0 saturated heterocycles. The quantitative estimate of drug-likeness (QED) is 0.470. The lowest BCUT2D eigenvalue weighted by Gasteiger charge is -2.10. The molecule has 0 aliphatic heterocycles. The molecule has 1 aromatic heterocycles. The Morgan fingerprint density at radius 1 is 0.808 bits per heavy atom. The summed E-state index contributed by atoms with van der Waals surface area (Å²) in [4.78, 5) is 13.6. The maximum absolute atomic E-state index is 12.6. The minimum Gasteiger partial charge on any atom is -0.321 e. The van der Waals surface area contributed by atoms with Crippen LogP contribution in [0.1, 0.15) is 20.8 Å². The number of hydrogen-bond donors (Lipinski definition) is 1. The first-order chi connectivity index (χ1) is 12.8. The first-order valence-electron chi connectivity index (χ1n) is 8.25. The molecule has 0 aliphatic rings. The van der Waals surface area contributed by atoms with Gasteiger partial charge in [-0.15, -0.1) is 11.3 Å². The Hall–Kier alpha value is -3.35. The van der Waals surface area contributed by atoms with Crippen molar-refractivity contribution < 1.29 is 4.79 Å². The van der Waals surface area contributed by atoms with Gasteiger partial charge in [0.25, 0.3) is 5.91 Å². The number of carbonyl (C=O) groups excluding carboxylic acids is 1. The van der Waals surface area contributed by atoms with E-state index in [1.165, 1.54) is 0 Å². The van der Waals surface area contributed by atoms with Crippen LogP contribution in [0.5, 0.6) is 0 Å². The summed E-state index contributed by atoms with van der Waals surface area (Å²) in [6, 6.07) is 25.1. The van der Waals surface area contributed by atoms with Gasteiger partial charge in [0.1, 0.15) is 0 Å². The molecular weight excluding hydrogens is 338 g/mol. The van der Waals surface area contributed by atoms with Gasteiger partial charge < -0.3 is 5.32 Å². The minimum atomic E-state index is -0.126. The van der Waals surface area contributed by atoms with Crippen molar-refractivity contribution in [3.8, 4) is 11.8 Å². The average Bonchev–Trinajstić information content (AvgIpc) is 3.21. The largest absolute Gasteiger partial charge is 0.321 e. The van der Waals surface area contributed by atoms with E-state index in [1.807, 2.05) is 72.1 Å². The second-order valence-electron chi connectivity index (χ2n) is 5.76. The Morgan fingerprint density at radius 3 is 2.38 bits per heavy atom. The van der Waals surface area contributed by atoms with Crippen LogP contribution in [0.15, 0.2) is 84.2 Å². The van der Waals surface area contributed by atoms with Crippen LogP contribution in [0.3, 0.4) is 0 Å². The topological polar surface area (TPSA) is 29.1 Å². The molecule has 0 unspecified atom stereocenters. The molecule has 0 aliphatic carbocycles. The fourth-order valence-electron chi connectivity index (χ4n) is 2.81. The first kappa shape index (κ1) is 16.1. The smallest absolute Gasteiger partial charge is 0.255 e. The van der Waals surface area contributed by atoms with E-state index >= 15 is 0 Å².